The van der Waals surface area contributed by atoms with Gasteiger partial charge in [0, 0.05) is 13.1 Å². The Morgan fingerprint density at radius 3 is 2.67 bits per heavy atom. The Morgan fingerprint density at radius 1 is 1.24 bits per heavy atom. The molecular weight excluding hydrogens is 260 g/mol. The van der Waals surface area contributed by atoms with Crippen LogP contribution in [-0.2, 0) is 4.79 Å². The zero-order chi connectivity index (χ0) is 14.7. The lowest BCUT2D eigenvalue weighted by molar-refractivity contribution is -0.132. The maximum absolute atomic E-state index is 12.3. The third-order valence-electron chi connectivity index (χ3n) is 4.89. The van der Waals surface area contributed by atoms with Crippen molar-refractivity contribution in [2.24, 2.45) is 11.8 Å². The van der Waals surface area contributed by atoms with Gasteiger partial charge in [-0.3, -0.25) is 4.79 Å². The summed E-state index contributed by atoms with van der Waals surface area (Å²) in [6.07, 6.45) is 3.75. The van der Waals surface area contributed by atoms with Crippen LogP contribution in [0, 0.1) is 11.8 Å². The highest BCUT2D eigenvalue weighted by molar-refractivity contribution is 5.78. The molecule has 1 saturated carbocycles. The summed E-state index contributed by atoms with van der Waals surface area (Å²) in [5.74, 6) is 2.23. The van der Waals surface area contributed by atoms with Gasteiger partial charge in [-0.1, -0.05) is 37.3 Å². The Balaban J connectivity index is 1.49. The molecule has 0 radical (unpaired) electrons. The predicted octanol–water partition coefficient (Wildman–Crippen LogP) is 2.64. The van der Waals surface area contributed by atoms with E-state index in [4.69, 9.17) is 0 Å². The lowest BCUT2D eigenvalue weighted by atomic mass is 9.81. The van der Waals surface area contributed by atoms with E-state index in [-0.39, 0.29) is 5.91 Å². The lowest BCUT2D eigenvalue weighted by Crippen LogP contribution is -2.45. The molecule has 1 saturated heterocycles. The van der Waals surface area contributed by atoms with Gasteiger partial charge >= 0.3 is 0 Å². The molecule has 1 heterocycles. The average molecular weight is 286 g/mol. The Bertz CT molecular complexity index is 469. The number of amides is 1. The van der Waals surface area contributed by atoms with Gasteiger partial charge in [-0.25, -0.2) is 0 Å². The number of hydrogen-bond donors (Lipinski definition) is 1. The lowest BCUT2D eigenvalue weighted by Gasteiger charge is -2.37. The molecule has 1 aliphatic heterocycles. The second-order valence-electron chi connectivity index (χ2n) is 6.70. The topological polar surface area (TPSA) is 32.3 Å². The third kappa shape index (κ3) is 3.85. The number of nitrogens with one attached hydrogen (secondary N) is 1. The molecule has 1 aromatic rings. The zero-order valence-corrected chi connectivity index (χ0v) is 12.9. The van der Waals surface area contributed by atoms with Crippen molar-refractivity contribution in [3.05, 3.63) is 35.9 Å². The number of carbonyl (C=O) groups excluding carboxylic acids is 1. The molecule has 0 bridgehead atoms. The van der Waals surface area contributed by atoms with Crippen molar-refractivity contribution in [2.75, 3.05) is 26.2 Å². The maximum atomic E-state index is 12.3. The molecular formula is C18H26N2O. The van der Waals surface area contributed by atoms with E-state index in [9.17, 15) is 4.79 Å². The van der Waals surface area contributed by atoms with Crippen LogP contribution in [0.25, 0.3) is 0 Å². The van der Waals surface area contributed by atoms with Crippen LogP contribution in [0.5, 0.6) is 0 Å². The highest BCUT2D eigenvalue weighted by atomic mass is 16.2. The normalized spacial score (nSPS) is 25.9. The van der Waals surface area contributed by atoms with Gasteiger partial charge in [-0.15, -0.1) is 0 Å². The first-order valence-electron chi connectivity index (χ1n) is 8.27. The van der Waals surface area contributed by atoms with E-state index in [1.807, 2.05) is 4.90 Å². The minimum atomic E-state index is 0.272. The van der Waals surface area contributed by atoms with Crippen molar-refractivity contribution >= 4 is 5.91 Å². The summed E-state index contributed by atoms with van der Waals surface area (Å²) in [6, 6.07) is 10.7. The van der Waals surface area contributed by atoms with Gasteiger partial charge in [-0.05, 0) is 49.1 Å². The summed E-state index contributed by atoms with van der Waals surface area (Å²) in [7, 11) is 0. The molecule has 3 nitrogen and oxygen atoms in total. The van der Waals surface area contributed by atoms with Gasteiger partial charge < -0.3 is 10.2 Å². The molecule has 1 N–H and O–H groups in total. The summed E-state index contributed by atoms with van der Waals surface area (Å²) in [5, 5.41) is 3.31. The van der Waals surface area contributed by atoms with Gasteiger partial charge in [0.25, 0.3) is 0 Å². The molecule has 2 unspecified atom stereocenters. The predicted molar refractivity (Wildman–Crippen MR) is 85.1 cm³/mol. The SMILES string of the molecule is CC1CN(C(=O)CNCC2CC2)CCC1c1ccccc1. The van der Waals surface area contributed by atoms with Crippen LogP contribution < -0.4 is 5.32 Å². The second-order valence-corrected chi connectivity index (χ2v) is 6.70. The molecule has 2 fully saturated rings. The van der Waals surface area contributed by atoms with Gasteiger partial charge in [-0.2, -0.15) is 0 Å². The number of nitrogens with zero attached hydrogens (tertiary/aromatic N) is 1. The summed E-state index contributed by atoms with van der Waals surface area (Å²) in [5.41, 5.74) is 1.42. The highest BCUT2D eigenvalue weighted by Crippen LogP contribution is 2.32. The number of piperidine rings is 1. The highest BCUT2D eigenvalue weighted by Gasteiger charge is 2.29. The molecule has 2 atom stereocenters. The number of likely N-dealkylation sites (tertiary alicyclic amines) is 1. The average Bonchev–Trinajstić information content (AvgIpc) is 3.32. The van der Waals surface area contributed by atoms with E-state index in [1.54, 1.807) is 0 Å². The first-order valence-corrected chi connectivity index (χ1v) is 8.27. The largest absolute Gasteiger partial charge is 0.341 e. The van der Waals surface area contributed by atoms with Gasteiger partial charge in [0.05, 0.1) is 6.54 Å². The van der Waals surface area contributed by atoms with Crippen LogP contribution in [0.1, 0.15) is 37.7 Å². The minimum Gasteiger partial charge on any atom is -0.341 e. The Hall–Kier alpha value is -1.35. The van der Waals surface area contributed by atoms with Crippen molar-refractivity contribution < 1.29 is 4.79 Å². The van der Waals surface area contributed by atoms with E-state index in [0.29, 0.717) is 18.4 Å². The van der Waals surface area contributed by atoms with Gasteiger partial charge in [0.2, 0.25) is 5.91 Å². The molecule has 1 amide bonds. The quantitative estimate of drug-likeness (QED) is 0.902. The number of rotatable bonds is 5. The van der Waals surface area contributed by atoms with Crippen molar-refractivity contribution in [1.29, 1.82) is 0 Å². The van der Waals surface area contributed by atoms with Gasteiger partial charge in [0.1, 0.15) is 0 Å². The molecule has 0 aromatic heterocycles. The monoisotopic (exact) mass is 286 g/mol. The fourth-order valence-electron chi connectivity index (χ4n) is 3.38. The maximum Gasteiger partial charge on any atom is 0.236 e. The fourth-order valence-corrected chi connectivity index (χ4v) is 3.38. The van der Waals surface area contributed by atoms with Crippen LogP contribution in [0.2, 0.25) is 0 Å². The molecule has 3 heteroatoms. The van der Waals surface area contributed by atoms with Crippen LogP contribution in [0.4, 0.5) is 0 Å². The molecule has 1 aliphatic carbocycles. The van der Waals surface area contributed by atoms with Crippen molar-refractivity contribution in [3.8, 4) is 0 Å². The second kappa shape index (κ2) is 6.61. The summed E-state index contributed by atoms with van der Waals surface area (Å²) in [4.78, 5) is 14.3. The van der Waals surface area contributed by atoms with Crippen LogP contribution in [-0.4, -0.2) is 37.0 Å². The zero-order valence-electron chi connectivity index (χ0n) is 12.9. The van der Waals surface area contributed by atoms with E-state index >= 15 is 0 Å². The van der Waals surface area contributed by atoms with Crippen LogP contribution >= 0.6 is 0 Å². The van der Waals surface area contributed by atoms with E-state index in [0.717, 1.165) is 32.0 Å². The first-order chi connectivity index (χ1) is 10.2. The minimum absolute atomic E-state index is 0.272. The van der Waals surface area contributed by atoms with Crippen LogP contribution in [0.15, 0.2) is 30.3 Å². The smallest absolute Gasteiger partial charge is 0.236 e. The first kappa shape index (κ1) is 14.6. The van der Waals surface area contributed by atoms with Gasteiger partial charge in [0.15, 0.2) is 0 Å². The number of carbonyl (C=O) groups is 1. The summed E-state index contributed by atoms with van der Waals surface area (Å²) in [6.45, 7) is 5.59. The van der Waals surface area contributed by atoms with E-state index in [2.05, 4.69) is 42.6 Å². The standard InChI is InChI=1S/C18H26N2O/c1-14-13-20(18(21)12-19-11-15-7-8-15)10-9-17(14)16-5-3-2-4-6-16/h2-6,14-15,17,19H,7-13H2,1H3. The fraction of sp³-hybridized carbons (Fsp3) is 0.611. The van der Waals surface area contributed by atoms with Crippen LogP contribution in [0.3, 0.4) is 0 Å². The molecule has 114 valence electrons. The summed E-state index contributed by atoms with van der Waals surface area (Å²) >= 11 is 0. The number of benzene rings is 1. The Morgan fingerprint density at radius 2 is 2.00 bits per heavy atom. The van der Waals surface area contributed by atoms with Crippen molar-refractivity contribution in [2.45, 2.75) is 32.1 Å². The Labute approximate surface area is 127 Å². The van der Waals surface area contributed by atoms with Crippen molar-refractivity contribution in [3.63, 3.8) is 0 Å². The molecule has 3 rings (SSSR count). The van der Waals surface area contributed by atoms with E-state index < -0.39 is 0 Å². The number of hydrogen-bond acceptors (Lipinski definition) is 2. The summed E-state index contributed by atoms with van der Waals surface area (Å²) < 4.78 is 0. The molecule has 0 spiro atoms. The van der Waals surface area contributed by atoms with Crippen molar-refractivity contribution in [1.82, 2.24) is 10.2 Å². The molecule has 2 aliphatic rings. The molecule has 21 heavy (non-hydrogen) atoms. The Kier molecular flexibility index (Phi) is 4.59. The molecule has 1 aromatic carbocycles. The third-order valence-corrected chi connectivity index (χ3v) is 4.89. The van der Waals surface area contributed by atoms with E-state index in [1.165, 1.54) is 18.4 Å².